The Morgan fingerprint density at radius 2 is 2.28 bits per heavy atom. The second-order valence-electron chi connectivity index (χ2n) is 4.47. The summed E-state index contributed by atoms with van der Waals surface area (Å²) in [6.07, 6.45) is 2.41. The summed E-state index contributed by atoms with van der Waals surface area (Å²) in [5.74, 6) is -0.367. The summed E-state index contributed by atoms with van der Waals surface area (Å²) in [4.78, 5) is 11.1. The minimum atomic E-state index is -0.367. The van der Waals surface area contributed by atoms with E-state index in [4.69, 9.17) is 19.3 Å². The van der Waals surface area contributed by atoms with Gasteiger partial charge in [0.1, 0.15) is 0 Å². The lowest BCUT2D eigenvalue weighted by Crippen LogP contribution is -2.19. The molecule has 1 aliphatic rings. The first-order valence-corrected chi connectivity index (χ1v) is 6.30. The van der Waals surface area contributed by atoms with E-state index in [0.29, 0.717) is 37.7 Å². The average Bonchev–Trinajstić information content (AvgIpc) is 3.12. The number of hydrogen-bond donors (Lipinski definition) is 1. The van der Waals surface area contributed by atoms with Gasteiger partial charge in [-0.25, -0.2) is 4.79 Å². The molecule has 5 heteroatoms. The number of aliphatic hydroxyl groups excluding tert-OH is 1. The van der Waals surface area contributed by atoms with Crippen molar-refractivity contribution in [3.8, 4) is 0 Å². The van der Waals surface area contributed by atoms with Crippen LogP contribution >= 0.6 is 0 Å². The first-order valence-electron chi connectivity index (χ1n) is 6.30. The molecule has 18 heavy (non-hydrogen) atoms. The van der Waals surface area contributed by atoms with Crippen LogP contribution in [0.15, 0.2) is 12.2 Å². The molecule has 0 aromatic carbocycles. The van der Waals surface area contributed by atoms with Gasteiger partial charge in [-0.15, -0.1) is 0 Å². The van der Waals surface area contributed by atoms with Crippen LogP contribution < -0.4 is 0 Å². The summed E-state index contributed by atoms with van der Waals surface area (Å²) in [7, 11) is 0. The fraction of sp³-hybridized carbons (Fsp3) is 0.769. The molecule has 1 rings (SSSR count). The molecule has 0 aromatic rings. The molecule has 2 atom stereocenters. The molecule has 0 spiro atoms. The van der Waals surface area contributed by atoms with Gasteiger partial charge in [0.25, 0.3) is 0 Å². The second-order valence-corrected chi connectivity index (χ2v) is 4.47. The van der Waals surface area contributed by atoms with Crippen molar-refractivity contribution in [2.75, 3.05) is 26.4 Å². The highest BCUT2D eigenvalue weighted by Crippen LogP contribution is 2.19. The number of hydrogen-bond acceptors (Lipinski definition) is 5. The van der Waals surface area contributed by atoms with Gasteiger partial charge < -0.3 is 19.3 Å². The van der Waals surface area contributed by atoms with Gasteiger partial charge in [0.2, 0.25) is 0 Å². The summed E-state index contributed by atoms with van der Waals surface area (Å²) < 4.78 is 15.7. The molecule has 104 valence electrons. The molecule has 1 aliphatic heterocycles. The molecule has 0 bridgehead atoms. The molecule has 0 aromatic heterocycles. The standard InChI is InChI=1S/C13H22O5/c1-10(2)13(15)17-7-3-6-16-11(4-5-14)8-12-9-18-12/h11-12,14H,1,3-9H2,2H3. The van der Waals surface area contributed by atoms with Crippen molar-refractivity contribution in [1.82, 2.24) is 0 Å². The Hall–Kier alpha value is -0.910. The number of aliphatic hydroxyl groups is 1. The molecule has 1 heterocycles. The maximum absolute atomic E-state index is 11.1. The Morgan fingerprint density at radius 1 is 1.56 bits per heavy atom. The zero-order valence-corrected chi connectivity index (χ0v) is 10.9. The first-order chi connectivity index (χ1) is 8.63. The van der Waals surface area contributed by atoms with Crippen molar-refractivity contribution in [2.24, 2.45) is 0 Å². The molecule has 0 saturated carbocycles. The fourth-order valence-electron chi connectivity index (χ4n) is 1.51. The lowest BCUT2D eigenvalue weighted by atomic mass is 10.1. The Morgan fingerprint density at radius 3 is 2.83 bits per heavy atom. The quantitative estimate of drug-likeness (QED) is 0.274. The first kappa shape index (κ1) is 15.1. The summed E-state index contributed by atoms with van der Waals surface area (Å²) >= 11 is 0. The maximum atomic E-state index is 11.1. The smallest absolute Gasteiger partial charge is 0.333 e. The summed E-state index contributed by atoms with van der Waals surface area (Å²) in [5.41, 5.74) is 0.403. The van der Waals surface area contributed by atoms with Crippen LogP contribution in [0.3, 0.4) is 0 Å². The summed E-state index contributed by atoms with van der Waals surface area (Å²) in [6.45, 7) is 6.87. The van der Waals surface area contributed by atoms with E-state index < -0.39 is 0 Å². The second kappa shape index (κ2) is 8.24. The van der Waals surface area contributed by atoms with E-state index >= 15 is 0 Å². The Kier molecular flexibility index (Phi) is 6.93. The van der Waals surface area contributed by atoms with E-state index in [1.165, 1.54) is 0 Å². The number of esters is 1. The highest BCUT2D eigenvalue weighted by atomic mass is 16.6. The lowest BCUT2D eigenvalue weighted by molar-refractivity contribution is -0.139. The minimum Gasteiger partial charge on any atom is -0.462 e. The van der Waals surface area contributed by atoms with E-state index in [1.807, 2.05) is 0 Å². The van der Waals surface area contributed by atoms with E-state index in [-0.39, 0.29) is 18.7 Å². The minimum absolute atomic E-state index is 0.0272. The van der Waals surface area contributed by atoms with E-state index in [1.54, 1.807) is 6.92 Å². The molecule has 1 N–H and O–H groups in total. The predicted molar refractivity (Wildman–Crippen MR) is 66.2 cm³/mol. The van der Waals surface area contributed by atoms with Gasteiger partial charge >= 0.3 is 5.97 Å². The van der Waals surface area contributed by atoms with Crippen molar-refractivity contribution in [1.29, 1.82) is 0 Å². The summed E-state index contributed by atoms with van der Waals surface area (Å²) in [6, 6.07) is 0. The fourth-order valence-corrected chi connectivity index (χ4v) is 1.51. The summed E-state index contributed by atoms with van der Waals surface area (Å²) in [5, 5.41) is 8.91. The third-order valence-corrected chi connectivity index (χ3v) is 2.60. The van der Waals surface area contributed by atoms with Gasteiger partial charge in [0, 0.05) is 25.0 Å². The third-order valence-electron chi connectivity index (χ3n) is 2.60. The van der Waals surface area contributed by atoms with Gasteiger partial charge in [-0.3, -0.25) is 0 Å². The van der Waals surface area contributed by atoms with Gasteiger partial charge in [0.05, 0.1) is 32.0 Å². The highest BCUT2D eigenvalue weighted by molar-refractivity contribution is 5.86. The van der Waals surface area contributed by atoms with Crippen LogP contribution in [-0.4, -0.2) is 49.7 Å². The topological polar surface area (TPSA) is 68.3 Å². The molecular weight excluding hydrogens is 236 g/mol. The van der Waals surface area contributed by atoms with Crippen molar-refractivity contribution >= 4 is 5.97 Å². The molecular formula is C13H22O5. The normalized spacial score (nSPS) is 19.3. The Bertz CT molecular complexity index is 273. The zero-order chi connectivity index (χ0) is 13.4. The predicted octanol–water partition coefficient (Wildman–Crippen LogP) is 1.05. The van der Waals surface area contributed by atoms with Crippen molar-refractivity contribution < 1.29 is 24.1 Å². The number of ether oxygens (including phenoxy) is 3. The van der Waals surface area contributed by atoms with Crippen LogP contribution in [0, 0.1) is 0 Å². The van der Waals surface area contributed by atoms with Gasteiger partial charge in [0.15, 0.2) is 0 Å². The molecule has 1 saturated heterocycles. The van der Waals surface area contributed by atoms with Crippen LogP contribution in [0.4, 0.5) is 0 Å². The number of rotatable bonds is 10. The van der Waals surface area contributed by atoms with E-state index in [9.17, 15) is 4.79 Å². The van der Waals surface area contributed by atoms with Crippen LogP contribution in [0.5, 0.6) is 0 Å². The number of epoxide rings is 1. The average molecular weight is 258 g/mol. The molecule has 0 amide bonds. The lowest BCUT2D eigenvalue weighted by Gasteiger charge is -2.15. The van der Waals surface area contributed by atoms with Crippen molar-refractivity contribution in [3.05, 3.63) is 12.2 Å². The number of carbonyl (C=O) groups is 1. The Balaban J connectivity index is 2.03. The van der Waals surface area contributed by atoms with Crippen LogP contribution in [0.1, 0.15) is 26.2 Å². The van der Waals surface area contributed by atoms with Crippen LogP contribution in [0.25, 0.3) is 0 Å². The molecule has 0 aliphatic carbocycles. The van der Waals surface area contributed by atoms with Gasteiger partial charge in [-0.2, -0.15) is 0 Å². The monoisotopic (exact) mass is 258 g/mol. The molecule has 1 fully saturated rings. The highest BCUT2D eigenvalue weighted by Gasteiger charge is 2.26. The number of carbonyl (C=O) groups excluding carboxylic acids is 1. The molecule has 0 radical (unpaired) electrons. The largest absolute Gasteiger partial charge is 0.462 e. The van der Waals surface area contributed by atoms with Crippen LogP contribution in [0.2, 0.25) is 0 Å². The van der Waals surface area contributed by atoms with Crippen molar-refractivity contribution in [3.63, 3.8) is 0 Å². The molecule has 2 unspecified atom stereocenters. The maximum Gasteiger partial charge on any atom is 0.333 e. The van der Waals surface area contributed by atoms with Gasteiger partial charge in [-0.1, -0.05) is 6.58 Å². The van der Waals surface area contributed by atoms with Crippen molar-refractivity contribution in [2.45, 2.75) is 38.4 Å². The van der Waals surface area contributed by atoms with Gasteiger partial charge in [-0.05, 0) is 13.3 Å². The Labute approximate surface area is 108 Å². The van der Waals surface area contributed by atoms with E-state index in [0.717, 1.165) is 13.0 Å². The zero-order valence-electron chi connectivity index (χ0n) is 10.9. The van der Waals surface area contributed by atoms with Crippen LogP contribution in [-0.2, 0) is 19.0 Å². The molecule has 5 nitrogen and oxygen atoms in total. The third kappa shape index (κ3) is 6.74. The van der Waals surface area contributed by atoms with E-state index in [2.05, 4.69) is 6.58 Å². The SMILES string of the molecule is C=C(C)C(=O)OCCCOC(CCO)CC1CO1.